The van der Waals surface area contributed by atoms with Crippen molar-refractivity contribution in [1.29, 1.82) is 0 Å². The number of carbonyl (C=O) groups excluding carboxylic acids is 2. The van der Waals surface area contributed by atoms with E-state index < -0.39 is 30.9 Å². The Morgan fingerprint density at radius 3 is 2.56 bits per heavy atom. The summed E-state index contributed by atoms with van der Waals surface area (Å²) in [5, 5.41) is 9.51. The van der Waals surface area contributed by atoms with E-state index in [1.165, 1.54) is 0 Å². The average Bonchev–Trinajstić information content (AvgIpc) is 2.27. The highest BCUT2D eigenvalue weighted by Crippen LogP contribution is 2.21. The summed E-state index contributed by atoms with van der Waals surface area (Å²) in [4.78, 5) is 23.5. The van der Waals surface area contributed by atoms with Gasteiger partial charge in [0.1, 0.15) is 6.23 Å². The lowest BCUT2D eigenvalue weighted by Gasteiger charge is -2.34. The van der Waals surface area contributed by atoms with Crippen molar-refractivity contribution in [2.45, 2.75) is 32.2 Å². The molecule has 1 aliphatic rings. The number of nitrogens with zero attached hydrogens (tertiary/aromatic N) is 1. The summed E-state index contributed by atoms with van der Waals surface area (Å²) in [5.74, 6) is -2.76. The summed E-state index contributed by atoms with van der Waals surface area (Å²) < 4.78 is 39.3. The van der Waals surface area contributed by atoms with Crippen LogP contribution in [0.5, 0.6) is 0 Å². The van der Waals surface area contributed by atoms with E-state index in [1.807, 2.05) is 6.92 Å². The molecule has 0 spiro atoms. The van der Waals surface area contributed by atoms with E-state index in [0.29, 0.717) is 12.8 Å². The zero-order chi connectivity index (χ0) is 13.9. The molecular weight excluding hydrogens is 255 g/mol. The molecule has 0 bridgehead atoms. The van der Waals surface area contributed by atoms with Crippen LogP contribution in [0.4, 0.5) is 13.2 Å². The first-order chi connectivity index (χ1) is 8.20. The van der Waals surface area contributed by atoms with Crippen LogP contribution in [0.3, 0.4) is 0 Å². The molecule has 1 N–H and O–H groups in total. The fourth-order valence-electron chi connectivity index (χ4n) is 1.68. The molecule has 0 unspecified atom stereocenters. The second-order valence-corrected chi connectivity index (χ2v) is 4.31. The predicted octanol–water partition coefficient (Wildman–Crippen LogP) is 0.669. The van der Waals surface area contributed by atoms with E-state index in [1.54, 1.807) is 0 Å². The van der Waals surface area contributed by atoms with Gasteiger partial charge in [0.25, 0.3) is 0 Å². The summed E-state index contributed by atoms with van der Waals surface area (Å²) in [6.45, 7) is 0.130. The number of rotatable bonds is 1. The van der Waals surface area contributed by atoms with E-state index in [4.69, 9.17) is 0 Å². The second-order valence-electron chi connectivity index (χ2n) is 4.31. The van der Waals surface area contributed by atoms with Gasteiger partial charge < -0.3 is 14.7 Å². The van der Waals surface area contributed by atoms with Gasteiger partial charge in [0, 0.05) is 6.54 Å². The Labute approximate surface area is 102 Å². The fourth-order valence-corrected chi connectivity index (χ4v) is 1.68. The van der Waals surface area contributed by atoms with Gasteiger partial charge >= 0.3 is 18.1 Å². The Morgan fingerprint density at radius 1 is 1.39 bits per heavy atom. The van der Waals surface area contributed by atoms with Crippen molar-refractivity contribution in [3.05, 3.63) is 0 Å². The zero-order valence-corrected chi connectivity index (χ0v) is 9.74. The van der Waals surface area contributed by atoms with Crippen LogP contribution < -0.4 is 0 Å². The molecule has 0 aliphatic carbocycles. The highest BCUT2D eigenvalue weighted by molar-refractivity contribution is 6.32. The van der Waals surface area contributed by atoms with Crippen LogP contribution in [0, 0.1) is 5.92 Å². The Hall–Kier alpha value is -1.31. The largest absolute Gasteiger partial charge is 0.449 e. The van der Waals surface area contributed by atoms with Crippen LogP contribution >= 0.6 is 0 Å². The minimum Gasteiger partial charge on any atom is -0.449 e. The standard InChI is InChI=1S/C10H14F3NO4/c1-6-2-3-7(15)14(4-6)8(16)9(17)18-5-10(11,12)13/h6-7,15H,2-5H2,1H3/t6-,7-/m0/s1. The number of piperidine rings is 1. The van der Waals surface area contributed by atoms with E-state index in [0.717, 1.165) is 4.90 Å². The summed E-state index contributed by atoms with van der Waals surface area (Å²) >= 11 is 0. The summed E-state index contributed by atoms with van der Waals surface area (Å²) in [5.41, 5.74) is 0. The number of aliphatic hydroxyl groups is 1. The monoisotopic (exact) mass is 269 g/mol. The molecule has 1 aliphatic heterocycles. The SMILES string of the molecule is C[C@H]1CC[C@H](O)N(C(=O)C(=O)OCC(F)(F)F)C1. The quantitative estimate of drug-likeness (QED) is 0.561. The maximum absolute atomic E-state index is 11.8. The second kappa shape index (κ2) is 5.55. The fraction of sp³-hybridized carbons (Fsp3) is 0.800. The van der Waals surface area contributed by atoms with Crippen molar-refractivity contribution in [2.75, 3.05) is 13.2 Å². The number of likely N-dealkylation sites (tertiary alicyclic amines) is 1. The highest BCUT2D eigenvalue weighted by Gasteiger charge is 2.36. The minimum atomic E-state index is -4.68. The maximum Gasteiger partial charge on any atom is 0.422 e. The van der Waals surface area contributed by atoms with Gasteiger partial charge in [-0.3, -0.25) is 4.79 Å². The number of amides is 1. The van der Waals surface area contributed by atoms with Crippen molar-refractivity contribution in [3.63, 3.8) is 0 Å². The molecule has 0 aromatic rings. The molecule has 18 heavy (non-hydrogen) atoms. The molecule has 2 atom stereocenters. The number of halogens is 3. The van der Waals surface area contributed by atoms with Crippen molar-refractivity contribution >= 4 is 11.9 Å². The van der Waals surface area contributed by atoms with E-state index in [-0.39, 0.29) is 12.5 Å². The Morgan fingerprint density at radius 2 is 2.00 bits per heavy atom. The third kappa shape index (κ3) is 4.17. The van der Waals surface area contributed by atoms with Gasteiger partial charge in [-0.2, -0.15) is 13.2 Å². The lowest BCUT2D eigenvalue weighted by molar-refractivity contribution is -0.192. The van der Waals surface area contributed by atoms with Gasteiger partial charge in [-0.25, -0.2) is 4.79 Å². The third-order valence-corrected chi connectivity index (χ3v) is 2.59. The van der Waals surface area contributed by atoms with E-state index in [9.17, 15) is 27.9 Å². The predicted molar refractivity (Wildman–Crippen MR) is 53.1 cm³/mol. The third-order valence-electron chi connectivity index (χ3n) is 2.59. The first-order valence-electron chi connectivity index (χ1n) is 5.43. The maximum atomic E-state index is 11.8. The Kier molecular flexibility index (Phi) is 4.55. The molecule has 0 radical (unpaired) electrons. The highest BCUT2D eigenvalue weighted by atomic mass is 19.4. The van der Waals surface area contributed by atoms with Crippen LogP contribution in [0.15, 0.2) is 0 Å². The van der Waals surface area contributed by atoms with Crippen LogP contribution in [-0.2, 0) is 14.3 Å². The molecule has 1 rings (SSSR count). The molecular formula is C10H14F3NO4. The van der Waals surface area contributed by atoms with Gasteiger partial charge in [0.15, 0.2) is 6.61 Å². The molecule has 0 saturated carbocycles. The Balaban J connectivity index is 2.54. The van der Waals surface area contributed by atoms with Crippen LogP contribution in [0.1, 0.15) is 19.8 Å². The van der Waals surface area contributed by atoms with Gasteiger partial charge in [-0.05, 0) is 18.8 Å². The topological polar surface area (TPSA) is 66.8 Å². The molecule has 1 heterocycles. The van der Waals surface area contributed by atoms with Crippen molar-refractivity contribution in [1.82, 2.24) is 4.90 Å². The average molecular weight is 269 g/mol. The van der Waals surface area contributed by atoms with E-state index >= 15 is 0 Å². The van der Waals surface area contributed by atoms with Crippen LogP contribution in [-0.4, -0.2) is 47.4 Å². The normalized spacial score (nSPS) is 24.8. The number of hydrogen-bond donors (Lipinski definition) is 1. The molecule has 1 saturated heterocycles. The van der Waals surface area contributed by atoms with Crippen molar-refractivity contribution in [2.24, 2.45) is 5.92 Å². The molecule has 104 valence electrons. The number of aliphatic hydroxyl groups excluding tert-OH is 1. The molecule has 1 fully saturated rings. The van der Waals surface area contributed by atoms with Gasteiger partial charge in [-0.15, -0.1) is 0 Å². The Bertz CT molecular complexity index is 332. The molecule has 5 nitrogen and oxygen atoms in total. The number of carbonyl (C=O) groups is 2. The lowest BCUT2D eigenvalue weighted by Crippen LogP contribution is -2.49. The van der Waals surface area contributed by atoms with Crippen LogP contribution in [0.25, 0.3) is 0 Å². The van der Waals surface area contributed by atoms with Gasteiger partial charge in [-0.1, -0.05) is 6.92 Å². The zero-order valence-electron chi connectivity index (χ0n) is 9.74. The summed E-state index contributed by atoms with van der Waals surface area (Å²) in [6.07, 6.45) is -4.85. The lowest BCUT2D eigenvalue weighted by atomic mass is 9.99. The summed E-state index contributed by atoms with van der Waals surface area (Å²) in [6, 6.07) is 0. The van der Waals surface area contributed by atoms with Crippen LogP contribution in [0.2, 0.25) is 0 Å². The molecule has 8 heteroatoms. The molecule has 1 amide bonds. The number of esters is 1. The molecule has 0 aromatic heterocycles. The number of ether oxygens (including phenoxy) is 1. The van der Waals surface area contributed by atoms with Gasteiger partial charge in [0.05, 0.1) is 0 Å². The van der Waals surface area contributed by atoms with Gasteiger partial charge in [0.2, 0.25) is 0 Å². The summed E-state index contributed by atoms with van der Waals surface area (Å²) in [7, 11) is 0. The molecule has 0 aromatic carbocycles. The number of hydrogen-bond acceptors (Lipinski definition) is 4. The first kappa shape index (κ1) is 14.7. The smallest absolute Gasteiger partial charge is 0.422 e. The van der Waals surface area contributed by atoms with Crippen molar-refractivity contribution < 1.29 is 32.6 Å². The minimum absolute atomic E-state index is 0.0766. The van der Waals surface area contributed by atoms with Crippen molar-refractivity contribution in [3.8, 4) is 0 Å². The first-order valence-corrected chi connectivity index (χ1v) is 5.43. The van der Waals surface area contributed by atoms with E-state index in [2.05, 4.69) is 4.74 Å². The number of alkyl halides is 3.